The zero-order chi connectivity index (χ0) is 8.81. The molecule has 0 aliphatic heterocycles. The second-order valence-corrected chi connectivity index (χ2v) is 2.46. The Morgan fingerprint density at radius 1 is 1.75 bits per heavy atom. The van der Waals surface area contributed by atoms with Gasteiger partial charge in [-0.1, -0.05) is 5.16 Å². The fourth-order valence-electron chi connectivity index (χ4n) is 0.889. The summed E-state index contributed by atoms with van der Waals surface area (Å²) in [5.74, 6) is -0.175. The monoisotopic (exact) mass is 169 g/mol. The Balaban J connectivity index is 2.15. The van der Waals surface area contributed by atoms with E-state index in [0.717, 1.165) is 18.4 Å². The van der Waals surface area contributed by atoms with Crippen LogP contribution in [0, 0.1) is 0 Å². The minimum absolute atomic E-state index is 0.175. The van der Waals surface area contributed by atoms with Crippen molar-refractivity contribution in [1.29, 1.82) is 0 Å². The lowest BCUT2D eigenvalue weighted by molar-refractivity contribution is -0.140. The molecule has 1 aromatic rings. The molecule has 0 unspecified atom stereocenters. The molecule has 1 aromatic heterocycles. The summed E-state index contributed by atoms with van der Waals surface area (Å²) in [4.78, 5) is 10.7. The van der Waals surface area contributed by atoms with E-state index in [2.05, 4.69) is 14.4 Å². The summed E-state index contributed by atoms with van der Waals surface area (Å²) >= 11 is 0. The van der Waals surface area contributed by atoms with Crippen molar-refractivity contribution in [2.75, 3.05) is 7.11 Å². The first-order valence-electron chi connectivity index (χ1n) is 3.78. The van der Waals surface area contributed by atoms with Crippen LogP contribution in [0.5, 0.6) is 0 Å². The van der Waals surface area contributed by atoms with Crippen molar-refractivity contribution in [2.45, 2.75) is 19.3 Å². The molecule has 0 saturated heterocycles. The number of carbonyl (C=O) groups excluding carboxylic acids is 1. The molecule has 1 heterocycles. The first-order valence-corrected chi connectivity index (χ1v) is 3.78. The Bertz CT molecular complexity index is 230. The van der Waals surface area contributed by atoms with Gasteiger partial charge in [0.05, 0.1) is 13.3 Å². The van der Waals surface area contributed by atoms with E-state index in [0.29, 0.717) is 6.42 Å². The Morgan fingerprint density at radius 2 is 2.58 bits per heavy atom. The van der Waals surface area contributed by atoms with E-state index in [4.69, 9.17) is 0 Å². The maximum absolute atomic E-state index is 10.7. The normalized spacial score (nSPS) is 9.75. The number of hydrogen-bond donors (Lipinski definition) is 0. The van der Waals surface area contributed by atoms with Crippen molar-refractivity contribution in [2.24, 2.45) is 0 Å². The van der Waals surface area contributed by atoms with Crippen molar-refractivity contribution in [3.63, 3.8) is 0 Å². The summed E-state index contributed by atoms with van der Waals surface area (Å²) in [5, 5.41) is 3.55. The number of aryl methyl sites for hydroxylation is 1. The highest BCUT2D eigenvalue weighted by molar-refractivity contribution is 5.69. The quantitative estimate of drug-likeness (QED) is 0.635. The number of aromatic nitrogens is 1. The zero-order valence-electron chi connectivity index (χ0n) is 6.95. The maximum Gasteiger partial charge on any atom is 0.305 e. The van der Waals surface area contributed by atoms with Gasteiger partial charge in [0, 0.05) is 12.0 Å². The second-order valence-electron chi connectivity index (χ2n) is 2.46. The highest BCUT2D eigenvalue weighted by atomic mass is 16.5. The number of carbonyl (C=O) groups is 1. The van der Waals surface area contributed by atoms with Crippen LogP contribution in [0.15, 0.2) is 17.0 Å². The van der Waals surface area contributed by atoms with Crippen LogP contribution in [-0.4, -0.2) is 18.2 Å². The molecule has 66 valence electrons. The molecule has 0 aromatic carbocycles. The molecule has 0 aliphatic carbocycles. The van der Waals surface area contributed by atoms with Gasteiger partial charge in [-0.3, -0.25) is 4.79 Å². The molecule has 0 radical (unpaired) electrons. The van der Waals surface area contributed by atoms with E-state index in [1.54, 1.807) is 12.5 Å². The summed E-state index contributed by atoms with van der Waals surface area (Å²) in [7, 11) is 1.39. The van der Waals surface area contributed by atoms with Crippen molar-refractivity contribution in [3.05, 3.63) is 18.0 Å². The molecular weight excluding hydrogens is 158 g/mol. The largest absolute Gasteiger partial charge is 0.469 e. The van der Waals surface area contributed by atoms with Crippen LogP contribution in [0.1, 0.15) is 18.4 Å². The molecule has 1 rings (SSSR count). The van der Waals surface area contributed by atoms with Crippen LogP contribution in [0.2, 0.25) is 0 Å². The van der Waals surface area contributed by atoms with Gasteiger partial charge in [0.1, 0.15) is 6.26 Å². The minimum atomic E-state index is -0.175. The van der Waals surface area contributed by atoms with Crippen LogP contribution in [-0.2, 0) is 16.0 Å². The fourth-order valence-corrected chi connectivity index (χ4v) is 0.889. The molecule has 0 atom stereocenters. The molecule has 4 nitrogen and oxygen atoms in total. The molecule has 0 spiro atoms. The Labute approximate surface area is 70.5 Å². The minimum Gasteiger partial charge on any atom is -0.469 e. The lowest BCUT2D eigenvalue weighted by Gasteiger charge is -1.96. The van der Waals surface area contributed by atoms with Crippen molar-refractivity contribution in [1.82, 2.24) is 5.16 Å². The first-order chi connectivity index (χ1) is 5.83. The SMILES string of the molecule is COC(=O)CCCc1cnoc1. The third-order valence-electron chi connectivity index (χ3n) is 1.56. The maximum atomic E-state index is 10.7. The molecule has 0 bridgehead atoms. The number of hydrogen-bond acceptors (Lipinski definition) is 4. The van der Waals surface area contributed by atoms with Gasteiger partial charge in [-0.05, 0) is 12.8 Å². The standard InChI is InChI=1S/C8H11NO3/c1-11-8(10)4-2-3-7-5-9-12-6-7/h5-6H,2-4H2,1H3. The number of rotatable bonds is 4. The van der Waals surface area contributed by atoms with E-state index in [1.165, 1.54) is 7.11 Å². The van der Waals surface area contributed by atoms with Gasteiger partial charge >= 0.3 is 5.97 Å². The molecule has 4 heteroatoms. The van der Waals surface area contributed by atoms with Crippen LogP contribution >= 0.6 is 0 Å². The van der Waals surface area contributed by atoms with Crippen molar-refractivity contribution >= 4 is 5.97 Å². The fraction of sp³-hybridized carbons (Fsp3) is 0.500. The van der Waals surface area contributed by atoms with Crippen molar-refractivity contribution < 1.29 is 14.1 Å². The predicted octanol–water partition coefficient (Wildman–Crippen LogP) is 1.17. The number of ether oxygens (including phenoxy) is 1. The second kappa shape index (κ2) is 4.54. The number of nitrogens with zero attached hydrogens (tertiary/aromatic N) is 1. The first kappa shape index (κ1) is 8.77. The van der Waals surface area contributed by atoms with Crippen LogP contribution in [0.25, 0.3) is 0 Å². The third-order valence-corrected chi connectivity index (χ3v) is 1.56. The average molecular weight is 169 g/mol. The van der Waals surface area contributed by atoms with Crippen LogP contribution in [0.4, 0.5) is 0 Å². The number of methoxy groups -OCH3 is 1. The summed E-state index contributed by atoms with van der Waals surface area (Å²) in [6.07, 6.45) is 5.25. The Kier molecular flexibility index (Phi) is 3.32. The molecule has 0 fully saturated rings. The average Bonchev–Trinajstić information content (AvgIpc) is 2.57. The van der Waals surface area contributed by atoms with E-state index in [1.807, 2.05) is 0 Å². The van der Waals surface area contributed by atoms with E-state index in [-0.39, 0.29) is 5.97 Å². The van der Waals surface area contributed by atoms with E-state index >= 15 is 0 Å². The summed E-state index contributed by atoms with van der Waals surface area (Å²) < 4.78 is 9.12. The Hall–Kier alpha value is -1.32. The van der Waals surface area contributed by atoms with Crippen molar-refractivity contribution in [3.8, 4) is 0 Å². The smallest absolute Gasteiger partial charge is 0.305 e. The Morgan fingerprint density at radius 3 is 3.17 bits per heavy atom. The predicted molar refractivity (Wildman–Crippen MR) is 41.5 cm³/mol. The topological polar surface area (TPSA) is 52.3 Å². The van der Waals surface area contributed by atoms with Gasteiger partial charge in [-0.15, -0.1) is 0 Å². The molecule has 0 saturated carbocycles. The molecule has 0 aliphatic rings. The van der Waals surface area contributed by atoms with Gasteiger partial charge in [-0.2, -0.15) is 0 Å². The van der Waals surface area contributed by atoms with Gasteiger partial charge in [0.2, 0.25) is 0 Å². The van der Waals surface area contributed by atoms with Gasteiger partial charge < -0.3 is 9.26 Å². The van der Waals surface area contributed by atoms with Crippen LogP contribution in [0.3, 0.4) is 0 Å². The molecule has 0 N–H and O–H groups in total. The molecule has 0 amide bonds. The zero-order valence-corrected chi connectivity index (χ0v) is 6.95. The van der Waals surface area contributed by atoms with Gasteiger partial charge in [-0.25, -0.2) is 0 Å². The van der Waals surface area contributed by atoms with Gasteiger partial charge in [0.25, 0.3) is 0 Å². The van der Waals surface area contributed by atoms with E-state index < -0.39 is 0 Å². The lowest BCUT2D eigenvalue weighted by atomic mass is 10.1. The van der Waals surface area contributed by atoms with Gasteiger partial charge in [0.15, 0.2) is 0 Å². The summed E-state index contributed by atoms with van der Waals surface area (Å²) in [6.45, 7) is 0. The van der Waals surface area contributed by atoms with E-state index in [9.17, 15) is 4.79 Å². The highest BCUT2D eigenvalue weighted by Gasteiger charge is 2.01. The molecular formula is C8H11NO3. The summed E-state index contributed by atoms with van der Waals surface area (Å²) in [5.41, 5.74) is 1.01. The number of esters is 1. The van der Waals surface area contributed by atoms with Crippen LogP contribution < -0.4 is 0 Å². The summed E-state index contributed by atoms with van der Waals surface area (Å²) in [6, 6.07) is 0. The third kappa shape index (κ3) is 2.74. The highest BCUT2D eigenvalue weighted by Crippen LogP contribution is 2.03. The lowest BCUT2D eigenvalue weighted by Crippen LogP contribution is -2.00. The molecule has 12 heavy (non-hydrogen) atoms.